The Morgan fingerprint density at radius 3 is 2.74 bits per heavy atom. The van der Waals surface area contributed by atoms with Crippen LogP contribution in [-0.4, -0.2) is 66.2 Å². The Hall–Kier alpha value is -2.21. The van der Waals surface area contributed by atoms with Crippen molar-refractivity contribution in [3.8, 4) is 0 Å². The van der Waals surface area contributed by atoms with E-state index in [1.165, 1.54) is 11.8 Å². The van der Waals surface area contributed by atoms with E-state index in [2.05, 4.69) is 43.3 Å². The van der Waals surface area contributed by atoms with Crippen molar-refractivity contribution in [1.29, 1.82) is 5.41 Å². The molecule has 0 aliphatic carbocycles. The van der Waals surface area contributed by atoms with Gasteiger partial charge in [-0.3, -0.25) is 4.79 Å². The van der Waals surface area contributed by atoms with Gasteiger partial charge in [0.05, 0.1) is 11.6 Å². The summed E-state index contributed by atoms with van der Waals surface area (Å²) in [6.45, 7) is 9.47. The number of pyridine rings is 1. The third-order valence-corrected chi connectivity index (χ3v) is 5.43. The van der Waals surface area contributed by atoms with Crippen LogP contribution in [0.4, 0.5) is 5.82 Å². The van der Waals surface area contributed by atoms with E-state index in [9.17, 15) is 4.79 Å². The maximum atomic E-state index is 12.7. The van der Waals surface area contributed by atoms with Gasteiger partial charge in [0.25, 0.3) is 0 Å². The van der Waals surface area contributed by atoms with E-state index >= 15 is 0 Å². The second-order valence-corrected chi connectivity index (χ2v) is 8.04. The molecule has 2 N–H and O–H groups in total. The van der Waals surface area contributed by atoms with Gasteiger partial charge in [-0.05, 0) is 64.4 Å². The van der Waals surface area contributed by atoms with Crippen molar-refractivity contribution >= 4 is 23.5 Å². The molecule has 0 bridgehead atoms. The number of aryl methyl sites for hydroxylation is 1. The van der Waals surface area contributed by atoms with E-state index in [4.69, 9.17) is 10.4 Å². The van der Waals surface area contributed by atoms with E-state index in [0.29, 0.717) is 12.5 Å². The average molecular weight is 370 g/mol. The van der Waals surface area contributed by atoms with Gasteiger partial charge in [-0.2, -0.15) is 0 Å². The minimum atomic E-state index is 0.152. The standard InChI is InChI=1S/C21H31N5O/c1-14(2)23-20-18(12-22)15(3)11-19(24-20)16-6-9-26(10-7-16)21(27)17-5-8-25(4)13-17/h6,11-12,14,17,22H,5,7-10,13H2,1-4H3,(H,23,24). The molecule has 3 heterocycles. The molecular weight excluding hydrogens is 338 g/mol. The second kappa shape index (κ2) is 8.21. The molecule has 0 aromatic carbocycles. The summed E-state index contributed by atoms with van der Waals surface area (Å²) >= 11 is 0. The maximum absolute atomic E-state index is 12.7. The zero-order valence-electron chi connectivity index (χ0n) is 16.9. The van der Waals surface area contributed by atoms with Gasteiger partial charge in [-0.25, -0.2) is 4.98 Å². The molecule has 1 aromatic heterocycles. The Morgan fingerprint density at radius 2 is 2.19 bits per heavy atom. The Labute approximate surface area is 162 Å². The zero-order chi connectivity index (χ0) is 19.6. The van der Waals surface area contributed by atoms with Crippen LogP contribution in [0.2, 0.25) is 0 Å². The second-order valence-electron chi connectivity index (χ2n) is 8.04. The average Bonchev–Trinajstić information content (AvgIpc) is 3.07. The maximum Gasteiger partial charge on any atom is 0.227 e. The molecule has 3 rings (SSSR count). The van der Waals surface area contributed by atoms with Crippen LogP contribution in [0.15, 0.2) is 12.1 Å². The van der Waals surface area contributed by atoms with Crippen molar-refractivity contribution in [3.63, 3.8) is 0 Å². The van der Waals surface area contributed by atoms with Gasteiger partial charge in [0.15, 0.2) is 0 Å². The number of hydrogen-bond acceptors (Lipinski definition) is 5. The van der Waals surface area contributed by atoms with Crippen LogP contribution in [0.3, 0.4) is 0 Å². The summed E-state index contributed by atoms with van der Waals surface area (Å²) in [7, 11) is 2.08. The van der Waals surface area contributed by atoms with E-state index in [0.717, 1.165) is 55.1 Å². The van der Waals surface area contributed by atoms with Crippen molar-refractivity contribution in [2.75, 3.05) is 38.5 Å². The van der Waals surface area contributed by atoms with E-state index in [-0.39, 0.29) is 12.0 Å². The molecule has 1 saturated heterocycles. The number of likely N-dealkylation sites (tertiary alicyclic amines) is 1. The fourth-order valence-corrected chi connectivity index (χ4v) is 3.91. The van der Waals surface area contributed by atoms with Gasteiger partial charge in [0, 0.05) is 37.5 Å². The Morgan fingerprint density at radius 1 is 1.41 bits per heavy atom. The van der Waals surface area contributed by atoms with Crippen molar-refractivity contribution in [2.45, 2.75) is 39.7 Å². The molecule has 2 aliphatic rings. The highest BCUT2D eigenvalue weighted by Gasteiger charge is 2.30. The van der Waals surface area contributed by atoms with Crippen LogP contribution in [0.1, 0.15) is 43.5 Å². The number of carbonyl (C=O) groups is 1. The quantitative estimate of drug-likeness (QED) is 0.783. The number of nitrogens with zero attached hydrogens (tertiary/aromatic N) is 3. The van der Waals surface area contributed by atoms with Crippen LogP contribution in [0.5, 0.6) is 0 Å². The molecule has 6 nitrogen and oxygen atoms in total. The Bertz CT molecular complexity index is 755. The lowest BCUT2D eigenvalue weighted by Crippen LogP contribution is -2.39. The van der Waals surface area contributed by atoms with Crippen LogP contribution in [0, 0.1) is 18.3 Å². The van der Waals surface area contributed by atoms with Crippen molar-refractivity contribution in [3.05, 3.63) is 29.0 Å². The monoisotopic (exact) mass is 369 g/mol. The SMILES string of the molecule is Cc1cc(C2=CCN(C(=O)C3CCN(C)C3)CC2)nc(NC(C)C)c1C=N. The van der Waals surface area contributed by atoms with Gasteiger partial charge >= 0.3 is 0 Å². The molecule has 1 fully saturated rings. The first kappa shape index (κ1) is 19.5. The molecule has 0 saturated carbocycles. The summed E-state index contributed by atoms with van der Waals surface area (Å²) in [4.78, 5) is 21.7. The van der Waals surface area contributed by atoms with Crippen LogP contribution < -0.4 is 5.32 Å². The summed E-state index contributed by atoms with van der Waals surface area (Å²) < 4.78 is 0. The van der Waals surface area contributed by atoms with E-state index < -0.39 is 0 Å². The molecule has 2 aliphatic heterocycles. The van der Waals surface area contributed by atoms with Gasteiger partial charge < -0.3 is 20.5 Å². The minimum absolute atomic E-state index is 0.152. The fraction of sp³-hybridized carbons (Fsp3) is 0.571. The lowest BCUT2D eigenvalue weighted by Gasteiger charge is -2.29. The highest BCUT2D eigenvalue weighted by Crippen LogP contribution is 2.27. The molecule has 146 valence electrons. The number of anilines is 1. The molecule has 6 heteroatoms. The smallest absolute Gasteiger partial charge is 0.227 e. The molecular formula is C21H31N5O. The summed E-state index contributed by atoms with van der Waals surface area (Å²) in [6, 6.07) is 2.31. The molecule has 1 unspecified atom stereocenters. The van der Waals surface area contributed by atoms with Crippen molar-refractivity contribution in [1.82, 2.24) is 14.8 Å². The fourth-order valence-electron chi connectivity index (χ4n) is 3.91. The van der Waals surface area contributed by atoms with Gasteiger partial charge in [0.1, 0.15) is 5.82 Å². The highest BCUT2D eigenvalue weighted by atomic mass is 16.2. The lowest BCUT2D eigenvalue weighted by atomic mass is 9.99. The zero-order valence-corrected chi connectivity index (χ0v) is 16.9. The predicted octanol–water partition coefficient (Wildman–Crippen LogP) is 2.78. The predicted molar refractivity (Wildman–Crippen MR) is 110 cm³/mol. The summed E-state index contributed by atoms with van der Waals surface area (Å²) in [5.74, 6) is 1.21. The van der Waals surface area contributed by atoms with E-state index in [1.54, 1.807) is 0 Å². The van der Waals surface area contributed by atoms with E-state index in [1.807, 2.05) is 11.8 Å². The highest BCUT2D eigenvalue weighted by molar-refractivity contribution is 5.87. The number of aromatic nitrogens is 1. The Balaban J connectivity index is 1.76. The first-order valence-electron chi connectivity index (χ1n) is 9.84. The number of rotatable bonds is 5. The molecule has 0 radical (unpaired) electrons. The minimum Gasteiger partial charge on any atom is -0.367 e. The number of hydrogen-bond donors (Lipinski definition) is 2. The molecule has 27 heavy (non-hydrogen) atoms. The first-order valence-corrected chi connectivity index (χ1v) is 9.84. The summed E-state index contributed by atoms with van der Waals surface area (Å²) in [5.41, 5.74) is 4.03. The van der Waals surface area contributed by atoms with Gasteiger partial charge in [0.2, 0.25) is 5.91 Å². The van der Waals surface area contributed by atoms with Crippen LogP contribution in [0.25, 0.3) is 5.57 Å². The van der Waals surface area contributed by atoms with Crippen LogP contribution >= 0.6 is 0 Å². The number of nitrogens with one attached hydrogen (secondary N) is 2. The first-order chi connectivity index (χ1) is 12.9. The third-order valence-electron chi connectivity index (χ3n) is 5.43. The summed E-state index contributed by atoms with van der Waals surface area (Å²) in [5, 5.41) is 11.0. The lowest BCUT2D eigenvalue weighted by molar-refractivity contribution is -0.134. The molecule has 1 aromatic rings. The summed E-state index contributed by atoms with van der Waals surface area (Å²) in [6.07, 6.45) is 5.31. The van der Waals surface area contributed by atoms with Gasteiger partial charge in [-0.1, -0.05) is 6.08 Å². The topological polar surface area (TPSA) is 72.3 Å². The van der Waals surface area contributed by atoms with Gasteiger partial charge in [-0.15, -0.1) is 0 Å². The Kier molecular flexibility index (Phi) is 5.95. The molecule has 1 amide bonds. The number of carbonyl (C=O) groups excluding carboxylic acids is 1. The normalized spacial score (nSPS) is 20.7. The third kappa shape index (κ3) is 4.38. The molecule has 0 spiro atoms. The number of amides is 1. The van der Waals surface area contributed by atoms with Crippen LogP contribution in [-0.2, 0) is 4.79 Å². The molecule has 1 atom stereocenters. The van der Waals surface area contributed by atoms with Crippen molar-refractivity contribution in [2.24, 2.45) is 5.92 Å². The van der Waals surface area contributed by atoms with Crippen molar-refractivity contribution < 1.29 is 4.79 Å². The largest absolute Gasteiger partial charge is 0.367 e.